The molecule has 126 valence electrons. The second kappa shape index (κ2) is 7.40. The predicted molar refractivity (Wildman–Crippen MR) is 88.6 cm³/mol. The molecule has 0 bridgehead atoms. The summed E-state index contributed by atoms with van der Waals surface area (Å²) in [6, 6.07) is 6.95. The van der Waals surface area contributed by atoms with Crippen molar-refractivity contribution >= 4 is 29.2 Å². The van der Waals surface area contributed by atoms with E-state index in [1.165, 1.54) is 31.2 Å². The SMILES string of the molecule is Cc1cc(C)c(C(=O)O[C@@H](C)C(=O)Nc2ccc(F)cc2)c(Cl)n1. The molecular weight excluding hydrogens is 335 g/mol. The Morgan fingerprint density at radius 3 is 2.46 bits per heavy atom. The topological polar surface area (TPSA) is 68.3 Å². The summed E-state index contributed by atoms with van der Waals surface area (Å²) in [6.45, 7) is 4.90. The first kappa shape index (κ1) is 17.9. The molecule has 7 heteroatoms. The molecule has 0 saturated heterocycles. The molecule has 0 radical (unpaired) electrons. The third kappa shape index (κ3) is 4.29. The number of rotatable bonds is 4. The number of esters is 1. The fourth-order valence-corrected chi connectivity index (χ4v) is 2.45. The van der Waals surface area contributed by atoms with Crippen LogP contribution in [0, 0.1) is 19.7 Å². The van der Waals surface area contributed by atoms with Crippen LogP contribution in [0.5, 0.6) is 0 Å². The summed E-state index contributed by atoms with van der Waals surface area (Å²) in [4.78, 5) is 28.3. The second-order valence-electron chi connectivity index (χ2n) is 5.29. The van der Waals surface area contributed by atoms with E-state index in [-0.39, 0.29) is 10.7 Å². The normalized spacial score (nSPS) is 11.7. The van der Waals surface area contributed by atoms with Crippen molar-refractivity contribution in [3.63, 3.8) is 0 Å². The van der Waals surface area contributed by atoms with Gasteiger partial charge in [0.05, 0.1) is 5.56 Å². The number of nitrogens with one attached hydrogen (secondary N) is 1. The first-order valence-electron chi connectivity index (χ1n) is 7.19. The summed E-state index contributed by atoms with van der Waals surface area (Å²) in [5.41, 5.74) is 1.82. The lowest BCUT2D eigenvalue weighted by Crippen LogP contribution is -2.30. The van der Waals surface area contributed by atoms with Crippen LogP contribution < -0.4 is 5.32 Å². The van der Waals surface area contributed by atoms with E-state index in [2.05, 4.69) is 10.3 Å². The Kier molecular flexibility index (Phi) is 5.51. The molecule has 0 spiro atoms. The van der Waals surface area contributed by atoms with Crippen molar-refractivity contribution in [1.82, 2.24) is 4.98 Å². The van der Waals surface area contributed by atoms with Crippen molar-refractivity contribution in [3.05, 3.63) is 58.1 Å². The number of benzene rings is 1. The summed E-state index contributed by atoms with van der Waals surface area (Å²) in [7, 11) is 0. The van der Waals surface area contributed by atoms with Crippen LogP contribution >= 0.6 is 11.6 Å². The van der Waals surface area contributed by atoms with E-state index in [9.17, 15) is 14.0 Å². The highest BCUT2D eigenvalue weighted by molar-refractivity contribution is 6.32. The van der Waals surface area contributed by atoms with Gasteiger partial charge in [-0.3, -0.25) is 4.79 Å². The highest BCUT2D eigenvalue weighted by Crippen LogP contribution is 2.20. The average molecular weight is 351 g/mol. The van der Waals surface area contributed by atoms with Crippen molar-refractivity contribution in [2.24, 2.45) is 0 Å². The van der Waals surface area contributed by atoms with E-state index in [4.69, 9.17) is 16.3 Å². The van der Waals surface area contributed by atoms with Gasteiger partial charge in [-0.05, 0) is 56.7 Å². The van der Waals surface area contributed by atoms with E-state index >= 15 is 0 Å². The minimum atomic E-state index is -1.06. The van der Waals surface area contributed by atoms with Crippen LogP contribution in [0.4, 0.5) is 10.1 Å². The number of nitrogens with zero attached hydrogens (tertiary/aromatic N) is 1. The number of amides is 1. The summed E-state index contributed by atoms with van der Waals surface area (Å²) < 4.78 is 18.0. The van der Waals surface area contributed by atoms with Gasteiger partial charge in [0, 0.05) is 11.4 Å². The van der Waals surface area contributed by atoms with Crippen LogP contribution in [-0.4, -0.2) is 23.0 Å². The van der Waals surface area contributed by atoms with E-state index in [0.29, 0.717) is 16.9 Å². The molecule has 0 aliphatic carbocycles. The first-order chi connectivity index (χ1) is 11.3. The van der Waals surface area contributed by atoms with Gasteiger partial charge in [-0.15, -0.1) is 0 Å². The van der Waals surface area contributed by atoms with Gasteiger partial charge in [0.25, 0.3) is 5.91 Å². The maximum atomic E-state index is 12.8. The Labute approximate surface area is 143 Å². The van der Waals surface area contributed by atoms with Gasteiger partial charge in [0.1, 0.15) is 11.0 Å². The zero-order chi connectivity index (χ0) is 17.9. The molecule has 2 aromatic rings. The molecule has 5 nitrogen and oxygen atoms in total. The number of aryl methyl sites for hydroxylation is 2. The average Bonchev–Trinajstić information content (AvgIpc) is 2.48. The largest absolute Gasteiger partial charge is 0.449 e. The zero-order valence-corrected chi connectivity index (χ0v) is 14.1. The monoisotopic (exact) mass is 350 g/mol. The van der Waals surface area contributed by atoms with E-state index in [1.54, 1.807) is 19.9 Å². The lowest BCUT2D eigenvalue weighted by molar-refractivity contribution is -0.123. The number of hydrogen-bond donors (Lipinski definition) is 1. The Hall–Kier alpha value is -2.47. The fraction of sp³-hybridized carbons (Fsp3) is 0.235. The highest BCUT2D eigenvalue weighted by atomic mass is 35.5. The van der Waals surface area contributed by atoms with Crippen molar-refractivity contribution in [1.29, 1.82) is 0 Å². The Bertz CT molecular complexity index is 755. The summed E-state index contributed by atoms with van der Waals surface area (Å²) in [5.74, 6) is -1.68. The molecule has 0 aliphatic heterocycles. The number of halogens is 2. The van der Waals surface area contributed by atoms with Crippen LogP contribution in [0.15, 0.2) is 30.3 Å². The third-order valence-corrected chi connectivity index (χ3v) is 3.54. The van der Waals surface area contributed by atoms with Gasteiger partial charge >= 0.3 is 5.97 Å². The molecule has 0 unspecified atom stereocenters. The number of anilines is 1. The number of carbonyl (C=O) groups excluding carboxylic acids is 2. The molecule has 1 aromatic heterocycles. The molecule has 1 amide bonds. The van der Waals surface area contributed by atoms with Gasteiger partial charge in [-0.25, -0.2) is 14.2 Å². The van der Waals surface area contributed by atoms with Gasteiger partial charge in [-0.2, -0.15) is 0 Å². The van der Waals surface area contributed by atoms with Gasteiger partial charge in [0.2, 0.25) is 0 Å². The van der Waals surface area contributed by atoms with Crippen LogP contribution in [0.3, 0.4) is 0 Å². The van der Waals surface area contributed by atoms with E-state index < -0.39 is 23.8 Å². The summed E-state index contributed by atoms with van der Waals surface area (Å²) >= 11 is 5.99. The minimum Gasteiger partial charge on any atom is -0.449 e. The second-order valence-corrected chi connectivity index (χ2v) is 5.65. The lowest BCUT2D eigenvalue weighted by Gasteiger charge is -2.15. The van der Waals surface area contributed by atoms with Crippen LogP contribution in [0.2, 0.25) is 5.15 Å². The molecule has 24 heavy (non-hydrogen) atoms. The van der Waals surface area contributed by atoms with Crippen LogP contribution in [0.25, 0.3) is 0 Å². The molecule has 1 atom stereocenters. The number of aromatic nitrogens is 1. The minimum absolute atomic E-state index is 0.0312. The van der Waals surface area contributed by atoms with E-state index in [0.717, 1.165) is 0 Å². The third-order valence-electron chi connectivity index (χ3n) is 3.27. The maximum Gasteiger partial charge on any atom is 0.342 e. The number of ether oxygens (including phenoxy) is 1. The van der Waals surface area contributed by atoms with E-state index in [1.807, 2.05) is 0 Å². The van der Waals surface area contributed by atoms with Gasteiger partial charge in [-0.1, -0.05) is 11.6 Å². The summed E-state index contributed by atoms with van der Waals surface area (Å²) in [5, 5.41) is 2.56. The molecule has 2 rings (SSSR count). The number of pyridine rings is 1. The standard InChI is InChI=1S/C17H16ClFN2O3/c1-9-8-10(2)20-15(18)14(9)17(23)24-11(3)16(22)21-13-6-4-12(19)5-7-13/h4-8,11H,1-3H3,(H,21,22)/t11-/m0/s1. The molecule has 1 N–H and O–H groups in total. The zero-order valence-electron chi connectivity index (χ0n) is 13.4. The molecular formula is C17H16ClFN2O3. The van der Waals surface area contributed by atoms with Gasteiger partial charge in [0.15, 0.2) is 6.10 Å². The Morgan fingerprint density at radius 1 is 1.25 bits per heavy atom. The predicted octanol–water partition coefficient (Wildman–Crippen LogP) is 3.67. The first-order valence-corrected chi connectivity index (χ1v) is 7.57. The Morgan fingerprint density at radius 2 is 1.88 bits per heavy atom. The van der Waals surface area contributed by atoms with Crippen molar-refractivity contribution in [2.45, 2.75) is 26.9 Å². The van der Waals surface area contributed by atoms with Crippen LogP contribution in [-0.2, 0) is 9.53 Å². The molecule has 1 heterocycles. The van der Waals surface area contributed by atoms with Crippen molar-refractivity contribution in [2.75, 3.05) is 5.32 Å². The lowest BCUT2D eigenvalue weighted by atomic mass is 10.1. The number of carbonyl (C=O) groups is 2. The number of hydrogen-bond acceptors (Lipinski definition) is 4. The molecule has 0 aliphatic rings. The molecule has 0 saturated carbocycles. The maximum absolute atomic E-state index is 12.8. The highest BCUT2D eigenvalue weighted by Gasteiger charge is 2.23. The fourth-order valence-electron chi connectivity index (χ4n) is 2.09. The smallest absolute Gasteiger partial charge is 0.342 e. The Balaban J connectivity index is 2.06. The van der Waals surface area contributed by atoms with Gasteiger partial charge < -0.3 is 10.1 Å². The van der Waals surface area contributed by atoms with Crippen LogP contribution in [0.1, 0.15) is 28.5 Å². The molecule has 0 fully saturated rings. The summed E-state index contributed by atoms with van der Waals surface area (Å²) in [6.07, 6.45) is -1.06. The van der Waals surface area contributed by atoms with Crippen molar-refractivity contribution < 1.29 is 18.7 Å². The quantitative estimate of drug-likeness (QED) is 0.674. The van der Waals surface area contributed by atoms with Crippen molar-refractivity contribution in [3.8, 4) is 0 Å². The molecule has 1 aromatic carbocycles.